The molecule has 0 fully saturated rings. The zero-order valence-electron chi connectivity index (χ0n) is 19.2. The third-order valence-electron chi connectivity index (χ3n) is 5.38. The van der Waals surface area contributed by atoms with E-state index in [-0.39, 0.29) is 25.1 Å². The van der Waals surface area contributed by atoms with Gasteiger partial charge in [0.25, 0.3) is 0 Å². The van der Waals surface area contributed by atoms with E-state index in [9.17, 15) is 14.7 Å². The van der Waals surface area contributed by atoms with Gasteiger partial charge in [0.05, 0.1) is 43.0 Å². The SMILES string of the molecule is C=C(OCCOCC(C)OC)C(C)(C)CC(CC(C)(CC)C(=O)O)C(=O)OCC. The zero-order chi connectivity index (χ0) is 22.7. The Kier molecular flexibility index (Phi) is 12.1. The highest BCUT2D eigenvalue weighted by Gasteiger charge is 2.40. The Hall–Kier alpha value is -1.60. The Bertz CT molecular complexity index is 529. The van der Waals surface area contributed by atoms with Gasteiger partial charge in [0.2, 0.25) is 0 Å². The molecular weight excluding hydrogens is 376 g/mol. The van der Waals surface area contributed by atoms with Crippen LogP contribution in [0.2, 0.25) is 0 Å². The minimum absolute atomic E-state index is 0.0158. The number of aliphatic carboxylic acids is 1. The summed E-state index contributed by atoms with van der Waals surface area (Å²) < 4.78 is 21.5. The number of carbonyl (C=O) groups excluding carboxylic acids is 1. The maximum absolute atomic E-state index is 12.5. The van der Waals surface area contributed by atoms with Crippen LogP contribution in [-0.4, -0.2) is 56.7 Å². The lowest BCUT2D eigenvalue weighted by Crippen LogP contribution is -2.35. The average Bonchev–Trinajstić information content (AvgIpc) is 2.66. The molecule has 0 saturated heterocycles. The van der Waals surface area contributed by atoms with Crippen LogP contribution in [0.15, 0.2) is 12.3 Å². The van der Waals surface area contributed by atoms with Gasteiger partial charge in [-0.2, -0.15) is 0 Å². The predicted molar refractivity (Wildman–Crippen MR) is 112 cm³/mol. The van der Waals surface area contributed by atoms with Crippen molar-refractivity contribution >= 4 is 11.9 Å². The number of methoxy groups -OCH3 is 1. The minimum atomic E-state index is -0.998. The van der Waals surface area contributed by atoms with Crippen molar-refractivity contribution in [3.63, 3.8) is 0 Å². The first-order valence-electron chi connectivity index (χ1n) is 10.3. The number of esters is 1. The van der Waals surface area contributed by atoms with Crippen molar-refractivity contribution in [3.05, 3.63) is 12.3 Å². The van der Waals surface area contributed by atoms with Crippen LogP contribution in [0.1, 0.15) is 60.8 Å². The first-order valence-corrected chi connectivity index (χ1v) is 10.3. The summed E-state index contributed by atoms with van der Waals surface area (Å²) in [6.07, 6.45) is 1.02. The van der Waals surface area contributed by atoms with Crippen molar-refractivity contribution in [3.8, 4) is 0 Å². The van der Waals surface area contributed by atoms with Crippen molar-refractivity contribution in [2.45, 2.75) is 66.9 Å². The molecular formula is C22H40O7. The fourth-order valence-corrected chi connectivity index (χ4v) is 2.89. The second kappa shape index (κ2) is 12.9. The highest BCUT2D eigenvalue weighted by molar-refractivity contribution is 5.77. The first kappa shape index (κ1) is 27.4. The average molecular weight is 417 g/mol. The molecule has 3 atom stereocenters. The largest absolute Gasteiger partial charge is 0.496 e. The standard InChI is InChI=1S/C22H40O7/c1-9-22(7,20(24)25)14-18(19(23)28-10-2)13-21(5,6)17(4)29-12-11-27-15-16(3)26-8/h16,18H,4,9-15H2,1-3,5-8H3,(H,24,25). The van der Waals surface area contributed by atoms with E-state index >= 15 is 0 Å². The molecule has 0 aliphatic carbocycles. The summed E-state index contributed by atoms with van der Waals surface area (Å²) in [6, 6.07) is 0. The lowest BCUT2D eigenvalue weighted by molar-refractivity contribution is -0.155. The Balaban J connectivity index is 4.98. The second-order valence-electron chi connectivity index (χ2n) is 8.35. The van der Waals surface area contributed by atoms with E-state index in [0.29, 0.717) is 38.4 Å². The lowest BCUT2D eigenvalue weighted by Gasteiger charge is -2.34. The number of hydrogen-bond donors (Lipinski definition) is 1. The molecule has 0 amide bonds. The van der Waals surface area contributed by atoms with Crippen molar-refractivity contribution in [1.82, 2.24) is 0 Å². The van der Waals surface area contributed by atoms with E-state index < -0.39 is 22.7 Å². The molecule has 0 saturated carbocycles. The number of hydrogen-bond acceptors (Lipinski definition) is 6. The van der Waals surface area contributed by atoms with Gasteiger partial charge >= 0.3 is 11.9 Å². The van der Waals surface area contributed by atoms with Gasteiger partial charge in [-0.25, -0.2) is 0 Å². The molecule has 0 aromatic heterocycles. The van der Waals surface area contributed by atoms with E-state index in [1.54, 1.807) is 21.0 Å². The molecule has 0 aliphatic heterocycles. The molecule has 1 N–H and O–H groups in total. The molecule has 0 aliphatic rings. The monoisotopic (exact) mass is 416 g/mol. The van der Waals surface area contributed by atoms with Crippen LogP contribution in [-0.2, 0) is 28.5 Å². The molecule has 170 valence electrons. The van der Waals surface area contributed by atoms with Gasteiger partial charge in [0.15, 0.2) is 0 Å². The number of carboxylic acids is 1. The summed E-state index contributed by atoms with van der Waals surface area (Å²) >= 11 is 0. The van der Waals surface area contributed by atoms with Crippen molar-refractivity contribution in [2.24, 2.45) is 16.7 Å². The van der Waals surface area contributed by atoms with Crippen molar-refractivity contribution < 1.29 is 33.6 Å². The van der Waals surface area contributed by atoms with E-state index in [1.165, 1.54) is 0 Å². The first-order chi connectivity index (χ1) is 13.4. The van der Waals surface area contributed by atoms with Crippen LogP contribution < -0.4 is 0 Å². The maximum Gasteiger partial charge on any atom is 0.309 e. The fraction of sp³-hybridized carbons (Fsp3) is 0.818. The summed E-state index contributed by atoms with van der Waals surface area (Å²) in [6.45, 7) is 16.5. The number of carbonyl (C=O) groups is 2. The molecule has 7 heteroatoms. The van der Waals surface area contributed by atoms with Gasteiger partial charge in [-0.3, -0.25) is 9.59 Å². The molecule has 0 bridgehead atoms. The van der Waals surface area contributed by atoms with Crippen LogP contribution in [0.4, 0.5) is 0 Å². The molecule has 3 unspecified atom stereocenters. The summed E-state index contributed by atoms with van der Waals surface area (Å²) in [5.41, 5.74) is -1.54. The van der Waals surface area contributed by atoms with Crippen molar-refractivity contribution in [2.75, 3.05) is 33.5 Å². The van der Waals surface area contributed by atoms with E-state index in [4.69, 9.17) is 18.9 Å². The molecule has 0 rings (SSSR count). The number of allylic oxidation sites excluding steroid dienone is 1. The highest BCUT2D eigenvalue weighted by Crippen LogP contribution is 2.39. The number of ether oxygens (including phenoxy) is 4. The van der Waals surface area contributed by atoms with Crippen LogP contribution in [0.25, 0.3) is 0 Å². The van der Waals surface area contributed by atoms with Gasteiger partial charge in [-0.15, -0.1) is 0 Å². The Morgan fingerprint density at radius 3 is 2.17 bits per heavy atom. The molecule has 29 heavy (non-hydrogen) atoms. The summed E-state index contributed by atoms with van der Waals surface area (Å²) in [5, 5.41) is 9.61. The van der Waals surface area contributed by atoms with E-state index in [2.05, 4.69) is 6.58 Å². The third kappa shape index (κ3) is 9.63. The molecule has 7 nitrogen and oxygen atoms in total. The Labute approximate surface area is 175 Å². The second-order valence-corrected chi connectivity index (χ2v) is 8.35. The Morgan fingerprint density at radius 1 is 1.07 bits per heavy atom. The smallest absolute Gasteiger partial charge is 0.309 e. The van der Waals surface area contributed by atoms with Crippen molar-refractivity contribution in [1.29, 1.82) is 0 Å². The molecule has 0 aromatic carbocycles. The fourth-order valence-electron chi connectivity index (χ4n) is 2.89. The number of rotatable bonds is 16. The zero-order valence-corrected chi connectivity index (χ0v) is 19.2. The molecule has 0 radical (unpaired) electrons. The normalized spacial score (nSPS) is 15.8. The summed E-state index contributed by atoms with van der Waals surface area (Å²) in [5.74, 6) is -1.33. The van der Waals surface area contributed by atoms with Crippen LogP contribution in [0.3, 0.4) is 0 Å². The van der Waals surface area contributed by atoms with Crippen LogP contribution in [0, 0.1) is 16.7 Å². The molecule has 0 spiro atoms. The molecule has 0 aromatic rings. The topological polar surface area (TPSA) is 91.3 Å². The highest BCUT2D eigenvalue weighted by atomic mass is 16.5. The minimum Gasteiger partial charge on any atom is -0.496 e. The Morgan fingerprint density at radius 2 is 1.69 bits per heavy atom. The van der Waals surface area contributed by atoms with Gasteiger partial charge in [-0.1, -0.05) is 27.4 Å². The van der Waals surface area contributed by atoms with Gasteiger partial charge in [-0.05, 0) is 40.0 Å². The summed E-state index contributed by atoms with van der Waals surface area (Å²) in [4.78, 5) is 24.3. The number of carboxylic acid groups (broad SMARTS) is 1. The van der Waals surface area contributed by atoms with E-state index in [1.807, 2.05) is 27.7 Å². The maximum atomic E-state index is 12.5. The van der Waals surface area contributed by atoms with Crippen LogP contribution >= 0.6 is 0 Å². The lowest BCUT2D eigenvalue weighted by atomic mass is 9.72. The quantitative estimate of drug-likeness (QED) is 0.230. The van der Waals surface area contributed by atoms with Gasteiger partial charge in [0.1, 0.15) is 6.61 Å². The summed E-state index contributed by atoms with van der Waals surface area (Å²) in [7, 11) is 1.63. The van der Waals surface area contributed by atoms with E-state index in [0.717, 1.165) is 0 Å². The van der Waals surface area contributed by atoms with Gasteiger partial charge < -0.3 is 24.1 Å². The van der Waals surface area contributed by atoms with Gasteiger partial charge in [0, 0.05) is 12.5 Å². The molecule has 0 heterocycles. The van der Waals surface area contributed by atoms with Crippen LogP contribution in [0.5, 0.6) is 0 Å². The predicted octanol–water partition coefficient (Wildman–Crippen LogP) is 4.05. The third-order valence-corrected chi connectivity index (χ3v) is 5.38.